The second kappa shape index (κ2) is 2.73. The zero-order chi connectivity index (χ0) is 9.42. The molecule has 4 nitrogen and oxygen atoms in total. The minimum Gasteiger partial charge on any atom is -0.292 e. The molecule has 2 atom stereocenters. The summed E-state index contributed by atoms with van der Waals surface area (Å²) in [6.07, 6.45) is 5.89. The summed E-state index contributed by atoms with van der Waals surface area (Å²) < 4.78 is 1.72. The smallest absolute Gasteiger partial charge is 0.243 e. The zero-order valence-corrected chi connectivity index (χ0v) is 7.18. The van der Waals surface area contributed by atoms with Gasteiger partial charge in [0, 0.05) is 0 Å². The average molecular weight is 177 g/mol. The number of hydrogen-bond acceptors (Lipinski definition) is 3. The Kier molecular flexibility index (Phi) is 1.69. The summed E-state index contributed by atoms with van der Waals surface area (Å²) in [5.74, 6) is -0.152. The predicted molar refractivity (Wildman–Crippen MR) is 47.5 cm³/mol. The molecule has 2 rings (SSSR count). The third-order valence-corrected chi connectivity index (χ3v) is 2.28. The van der Waals surface area contributed by atoms with Crippen LogP contribution in [0, 0.1) is 0 Å². The van der Waals surface area contributed by atoms with Gasteiger partial charge in [-0.15, -0.1) is 0 Å². The van der Waals surface area contributed by atoms with Crippen molar-refractivity contribution in [3.8, 4) is 0 Å². The number of hydrogen-bond donors (Lipinski definition) is 0. The van der Waals surface area contributed by atoms with Crippen molar-refractivity contribution in [1.29, 1.82) is 0 Å². The second-order valence-corrected chi connectivity index (χ2v) is 3.14. The molecule has 0 amide bonds. The minimum absolute atomic E-state index is 0.0554. The summed E-state index contributed by atoms with van der Waals surface area (Å²) in [6.45, 7) is 0. The van der Waals surface area contributed by atoms with Crippen molar-refractivity contribution in [2.24, 2.45) is 4.99 Å². The highest BCUT2D eigenvalue weighted by Crippen LogP contribution is 2.13. The lowest BCUT2D eigenvalue weighted by Gasteiger charge is -2.20. The molecule has 4 heteroatoms. The van der Waals surface area contributed by atoms with Crippen LogP contribution in [0.1, 0.15) is 0 Å². The zero-order valence-electron chi connectivity index (χ0n) is 7.18. The number of carbonyl (C=O) groups excluding carboxylic acids is 2. The van der Waals surface area contributed by atoms with Gasteiger partial charge in [-0.05, 0) is 12.2 Å². The number of aliphatic imine (C=N–C) groups is 1. The van der Waals surface area contributed by atoms with E-state index in [1.54, 1.807) is 24.1 Å². The van der Waals surface area contributed by atoms with Crippen LogP contribution in [-0.2, 0) is 9.59 Å². The molecule has 1 aliphatic carbocycles. The Morgan fingerprint density at radius 1 is 1.31 bits per heavy atom. The quantitative estimate of drug-likeness (QED) is 0.456. The second-order valence-electron chi connectivity index (χ2n) is 3.14. The molecule has 0 saturated carbocycles. The van der Waals surface area contributed by atoms with E-state index in [1.807, 2.05) is 0 Å². The largest absolute Gasteiger partial charge is 0.292 e. The van der Waals surface area contributed by atoms with Gasteiger partial charge < -0.3 is 0 Å². The molecule has 0 radical (unpaired) electrons. The summed E-state index contributed by atoms with van der Waals surface area (Å²) in [4.78, 5) is 26.7. The van der Waals surface area contributed by atoms with Crippen LogP contribution in [0.5, 0.6) is 0 Å². The Morgan fingerprint density at radius 3 is 2.69 bits per heavy atom. The molecule has 0 N–H and O–H groups in total. The maximum atomic E-state index is 11.4. The molecular weight excluding hydrogens is 168 g/mol. The standard InChI is InChI=1S/C9H9N2O2/c1-11-5-4-10-8-6(12)2-3-7(13)9(8)11/h2-5,8-9H,1H3/q+1. The van der Waals surface area contributed by atoms with Crippen molar-refractivity contribution in [3.05, 3.63) is 12.2 Å². The van der Waals surface area contributed by atoms with Gasteiger partial charge in [0.15, 0.2) is 18.0 Å². The number of nitrogens with zero attached hydrogens (tertiary/aromatic N) is 2. The Balaban J connectivity index is 2.46. The number of fused-ring (bicyclic) bond motifs is 1. The molecule has 66 valence electrons. The lowest BCUT2D eigenvalue weighted by molar-refractivity contribution is -0.519. The lowest BCUT2D eigenvalue weighted by Crippen LogP contribution is -2.49. The number of rotatable bonds is 0. The molecular formula is C9H9N2O2+. The average Bonchev–Trinajstić information content (AvgIpc) is 2.12. The molecule has 0 bridgehead atoms. The van der Waals surface area contributed by atoms with E-state index in [9.17, 15) is 9.59 Å². The van der Waals surface area contributed by atoms with Gasteiger partial charge in [-0.3, -0.25) is 14.6 Å². The maximum Gasteiger partial charge on any atom is 0.243 e. The highest BCUT2D eigenvalue weighted by molar-refractivity contribution is 6.18. The molecule has 1 aliphatic heterocycles. The van der Waals surface area contributed by atoms with Crippen molar-refractivity contribution >= 4 is 24.0 Å². The molecule has 0 aromatic heterocycles. The molecule has 0 spiro atoms. The molecule has 0 aromatic carbocycles. The van der Waals surface area contributed by atoms with Gasteiger partial charge in [0.05, 0.1) is 6.21 Å². The monoisotopic (exact) mass is 177 g/mol. The van der Waals surface area contributed by atoms with Crippen LogP contribution in [0.4, 0.5) is 0 Å². The molecule has 0 aromatic rings. The Labute approximate surface area is 75.3 Å². The molecule has 1 heterocycles. The molecule has 13 heavy (non-hydrogen) atoms. The lowest BCUT2D eigenvalue weighted by atomic mass is 9.93. The van der Waals surface area contributed by atoms with Crippen LogP contribution in [0.3, 0.4) is 0 Å². The van der Waals surface area contributed by atoms with E-state index in [-0.39, 0.29) is 11.6 Å². The number of carbonyl (C=O) groups is 2. The van der Waals surface area contributed by atoms with E-state index in [4.69, 9.17) is 0 Å². The molecule has 0 fully saturated rings. The minimum atomic E-state index is -0.535. The van der Waals surface area contributed by atoms with Gasteiger partial charge in [0.25, 0.3) is 0 Å². The molecule has 2 unspecified atom stereocenters. The fourth-order valence-corrected chi connectivity index (χ4v) is 1.58. The van der Waals surface area contributed by atoms with Crippen molar-refractivity contribution in [2.45, 2.75) is 12.1 Å². The van der Waals surface area contributed by atoms with Gasteiger partial charge >= 0.3 is 0 Å². The first-order chi connectivity index (χ1) is 6.20. The van der Waals surface area contributed by atoms with Gasteiger partial charge in [-0.2, -0.15) is 0 Å². The van der Waals surface area contributed by atoms with Gasteiger partial charge in [-0.1, -0.05) is 0 Å². The van der Waals surface area contributed by atoms with E-state index >= 15 is 0 Å². The van der Waals surface area contributed by atoms with E-state index in [0.717, 1.165) is 0 Å². The first kappa shape index (κ1) is 8.04. The molecule has 0 saturated heterocycles. The van der Waals surface area contributed by atoms with E-state index in [0.29, 0.717) is 0 Å². The third-order valence-electron chi connectivity index (χ3n) is 2.28. The number of ketones is 2. The van der Waals surface area contributed by atoms with E-state index in [1.165, 1.54) is 12.2 Å². The summed E-state index contributed by atoms with van der Waals surface area (Å²) in [6, 6.07) is -0.963. The highest BCUT2D eigenvalue weighted by atomic mass is 16.1. The fourth-order valence-electron chi connectivity index (χ4n) is 1.58. The summed E-state index contributed by atoms with van der Waals surface area (Å²) in [7, 11) is 1.77. The third kappa shape index (κ3) is 1.14. The topological polar surface area (TPSA) is 49.5 Å². The van der Waals surface area contributed by atoms with Gasteiger partial charge in [0.2, 0.25) is 11.8 Å². The van der Waals surface area contributed by atoms with Crippen LogP contribution in [0.2, 0.25) is 0 Å². The van der Waals surface area contributed by atoms with Crippen LogP contribution in [-0.4, -0.2) is 47.7 Å². The first-order valence-electron chi connectivity index (χ1n) is 4.04. The van der Waals surface area contributed by atoms with Crippen molar-refractivity contribution in [3.63, 3.8) is 0 Å². The SMILES string of the molecule is C[N+]1=CC=NC2C(=O)C=CC(=O)C21. The van der Waals surface area contributed by atoms with Gasteiger partial charge in [-0.25, -0.2) is 4.58 Å². The Hall–Kier alpha value is -1.58. The van der Waals surface area contributed by atoms with E-state index < -0.39 is 12.1 Å². The van der Waals surface area contributed by atoms with Crippen LogP contribution >= 0.6 is 0 Å². The highest BCUT2D eigenvalue weighted by Gasteiger charge is 2.42. The van der Waals surface area contributed by atoms with Gasteiger partial charge in [0.1, 0.15) is 7.05 Å². The normalized spacial score (nSPS) is 31.6. The Morgan fingerprint density at radius 2 is 2.00 bits per heavy atom. The summed E-state index contributed by atoms with van der Waals surface area (Å²) in [5.41, 5.74) is 0. The molecule has 2 aliphatic rings. The summed E-state index contributed by atoms with van der Waals surface area (Å²) >= 11 is 0. The van der Waals surface area contributed by atoms with Crippen molar-refractivity contribution in [1.82, 2.24) is 0 Å². The summed E-state index contributed by atoms with van der Waals surface area (Å²) in [5, 5.41) is 0. The van der Waals surface area contributed by atoms with Crippen LogP contribution in [0.25, 0.3) is 0 Å². The Bertz CT molecular complexity index is 366. The fraction of sp³-hybridized carbons (Fsp3) is 0.333. The van der Waals surface area contributed by atoms with Crippen molar-refractivity contribution < 1.29 is 14.2 Å². The maximum absolute atomic E-state index is 11.4. The van der Waals surface area contributed by atoms with Crippen molar-refractivity contribution in [2.75, 3.05) is 7.05 Å². The first-order valence-corrected chi connectivity index (χ1v) is 4.04. The van der Waals surface area contributed by atoms with Crippen LogP contribution < -0.4 is 0 Å². The van der Waals surface area contributed by atoms with E-state index in [2.05, 4.69) is 4.99 Å². The van der Waals surface area contributed by atoms with Crippen LogP contribution in [0.15, 0.2) is 17.1 Å². The predicted octanol–water partition coefficient (Wildman–Crippen LogP) is -0.771. The number of likely N-dealkylation sites (N-methyl/N-ethyl adjacent to an activating group) is 1.